The van der Waals surface area contributed by atoms with Gasteiger partial charge in [-0.25, -0.2) is 0 Å². The number of aromatic hydroxyl groups is 2. The van der Waals surface area contributed by atoms with Gasteiger partial charge in [-0.05, 0) is 24.3 Å². The SMILES string of the molecule is O=c1cc(-c2ccc(O)cc2)oc2cc(O[C@H]3O[C@H](CO)[C@H](O)[C@H](O)[C@H]3O)c([C@@H]3O[C@H](CO)[C@@H](O)[C@H](O)[C@H]3O[C@@H]3O[C@H](CO)[C@@H](O)[C@H](O)[C@H]3O)c(O)c12. The molecule has 3 aliphatic heterocycles. The van der Waals surface area contributed by atoms with Gasteiger partial charge in [0, 0.05) is 17.7 Å². The number of ether oxygens (including phenoxy) is 5. The monoisotopic (exact) mass is 756 g/mol. The first-order valence-electron chi connectivity index (χ1n) is 16.4. The summed E-state index contributed by atoms with van der Waals surface area (Å²) in [6, 6.07) is 7.53. The number of phenolic OH excluding ortho intramolecular Hbond substituents is 2. The van der Waals surface area contributed by atoms with Gasteiger partial charge in [0.15, 0.2) is 11.7 Å². The number of rotatable bonds is 9. The molecule has 0 bridgehead atoms. The number of hydrogen-bond donors (Lipinski definition) is 13. The van der Waals surface area contributed by atoms with E-state index in [1.807, 2.05) is 0 Å². The van der Waals surface area contributed by atoms with E-state index in [2.05, 4.69) is 0 Å². The average molecular weight is 757 g/mol. The predicted molar refractivity (Wildman–Crippen MR) is 171 cm³/mol. The van der Waals surface area contributed by atoms with Crippen molar-refractivity contribution in [3.05, 3.63) is 52.2 Å². The Balaban J connectivity index is 1.52. The lowest BCUT2D eigenvalue weighted by Gasteiger charge is -2.46. The fourth-order valence-corrected chi connectivity index (χ4v) is 6.53. The first kappa shape index (κ1) is 39.2. The molecule has 13 N–H and O–H groups in total. The number of hydrogen-bond acceptors (Lipinski definition) is 20. The van der Waals surface area contributed by atoms with Crippen LogP contribution in [0, 0.1) is 0 Å². The molecule has 20 heteroatoms. The summed E-state index contributed by atoms with van der Waals surface area (Å²) in [6.45, 7) is -2.65. The average Bonchev–Trinajstić information content (AvgIpc) is 3.14. The summed E-state index contributed by atoms with van der Waals surface area (Å²) >= 11 is 0. The highest BCUT2D eigenvalue weighted by Gasteiger charge is 2.53. The molecule has 6 rings (SSSR count). The number of fused-ring (bicyclic) bond motifs is 1. The van der Waals surface area contributed by atoms with Crippen LogP contribution in [0.25, 0.3) is 22.3 Å². The molecule has 292 valence electrons. The summed E-state index contributed by atoms with van der Waals surface area (Å²) in [7, 11) is 0. The van der Waals surface area contributed by atoms with Crippen molar-refractivity contribution in [3.8, 4) is 28.6 Å². The minimum Gasteiger partial charge on any atom is -0.508 e. The van der Waals surface area contributed by atoms with E-state index < -0.39 is 140 Å². The number of aliphatic hydroxyl groups is 11. The molecule has 0 amide bonds. The zero-order valence-electron chi connectivity index (χ0n) is 27.4. The quantitative estimate of drug-likeness (QED) is 0.0976. The highest BCUT2D eigenvalue weighted by molar-refractivity contribution is 5.88. The molecule has 3 aliphatic rings. The molecule has 3 aromatic rings. The molecule has 0 radical (unpaired) electrons. The van der Waals surface area contributed by atoms with Crippen LogP contribution < -0.4 is 10.2 Å². The van der Waals surface area contributed by atoms with E-state index in [1.54, 1.807) is 0 Å². The van der Waals surface area contributed by atoms with Crippen LogP contribution in [0.3, 0.4) is 0 Å². The lowest BCUT2D eigenvalue weighted by atomic mass is 9.89. The second-order valence-corrected chi connectivity index (χ2v) is 12.9. The summed E-state index contributed by atoms with van der Waals surface area (Å²) in [6.07, 6.45) is -27.9. The second kappa shape index (κ2) is 15.7. The zero-order chi connectivity index (χ0) is 38.5. The Hall–Kier alpha value is -3.55. The maximum Gasteiger partial charge on any atom is 0.229 e. The van der Waals surface area contributed by atoms with Gasteiger partial charge in [0.1, 0.15) is 113 Å². The lowest BCUT2D eigenvalue weighted by molar-refractivity contribution is -0.342. The lowest BCUT2D eigenvalue weighted by Crippen LogP contribution is -2.62. The first-order chi connectivity index (χ1) is 25.2. The van der Waals surface area contributed by atoms with Gasteiger partial charge in [0.2, 0.25) is 6.29 Å². The fourth-order valence-electron chi connectivity index (χ4n) is 6.53. The largest absolute Gasteiger partial charge is 0.508 e. The Morgan fingerprint density at radius 3 is 1.74 bits per heavy atom. The Morgan fingerprint density at radius 2 is 1.15 bits per heavy atom. The maximum absolute atomic E-state index is 13.6. The van der Waals surface area contributed by atoms with Gasteiger partial charge in [0.05, 0.1) is 25.4 Å². The predicted octanol–water partition coefficient (Wildman–Crippen LogP) is -4.61. The van der Waals surface area contributed by atoms with Crippen LogP contribution >= 0.6 is 0 Å². The topological polar surface area (TPSA) is 339 Å². The van der Waals surface area contributed by atoms with Gasteiger partial charge >= 0.3 is 0 Å². The number of aliphatic hydroxyl groups excluding tert-OH is 11. The molecule has 0 aliphatic carbocycles. The summed E-state index contributed by atoms with van der Waals surface area (Å²) in [5, 5.41) is 136. The van der Waals surface area contributed by atoms with E-state index in [0.29, 0.717) is 5.56 Å². The van der Waals surface area contributed by atoms with Gasteiger partial charge in [-0.3, -0.25) is 4.79 Å². The van der Waals surface area contributed by atoms with Crippen molar-refractivity contribution in [2.24, 2.45) is 0 Å². The number of benzene rings is 2. The second-order valence-electron chi connectivity index (χ2n) is 12.9. The van der Waals surface area contributed by atoms with Crippen LogP contribution in [0.5, 0.6) is 17.2 Å². The summed E-state index contributed by atoms with van der Waals surface area (Å²) in [4.78, 5) is 13.6. The van der Waals surface area contributed by atoms with Crippen molar-refractivity contribution >= 4 is 11.0 Å². The molecular weight excluding hydrogens is 716 g/mol. The van der Waals surface area contributed by atoms with E-state index in [1.165, 1.54) is 24.3 Å². The van der Waals surface area contributed by atoms with E-state index in [9.17, 15) is 71.2 Å². The van der Waals surface area contributed by atoms with E-state index >= 15 is 0 Å². The summed E-state index contributed by atoms with van der Waals surface area (Å²) in [5.41, 5.74) is -1.48. The van der Waals surface area contributed by atoms with Crippen LogP contribution in [0.15, 0.2) is 45.6 Å². The van der Waals surface area contributed by atoms with E-state index in [-0.39, 0.29) is 17.1 Å². The Bertz CT molecular complexity index is 1780. The van der Waals surface area contributed by atoms with Gasteiger partial charge < -0.3 is 94.5 Å². The molecule has 0 unspecified atom stereocenters. The highest BCUT2D eigenvalue weighted by atomic mass is 16.7. The first-order valence-corrected chi connectivity index (χ1v) is 16.4. The molecule has 2 aromatic carbocycles. The van der Waals surface area contributed by atoms with Gasteiger partial charge in [-0.15, -0.1) is 0 Å². The molecular formula is C33H40O20. The third kappa shape index (κ3) is 7.21. The van der Waals surface area contributed by atoms with E-state index in [0.717, 1.165) is 12.1 Å². The van der Waals surface area contributed by atoms with Crippen molar-refractivity contribution in [2.45, 2.75) is 91.9 Å². The molecule has 53 heavy (non-hydrogen) atoms. The van der Waals surface area contributed by atoms with Crippen LogP contribution in [0.4, 0.5) is 0 Å². The smallest absolute Gasteiger partial charge is 0.229 e. The Kier molecular flexibility index (Phi) is 11.6. The molecule has 1 aromatic heterocycles. The van der Waals surface area contributed by atoms with Crippen molar-refractivity contribution in [1.29, 1.82) is 0 Å². The molecule has 0 spiro atoms. The van der Waals surface area contributed by atoms with Gasteiger partial charge in [-0.2, -0.15) is 0 Å². The van der Waals surface area contributed by atoms with E-state index in [4.69, 9.17) is 28.1 Å². The molecule has 3 fully saturated rings. The van der Waals surface area contributed by atoms with Gasteiger partial charge in [-0.1, -0.05) is 0 Å². The van der Waals surface area contributed by atoms with Crippen LogP contribution in [-0.2, 0) is 18.9 Å². The Morgan fingerprint density at radius 1 is 0.623 bits per heavy atom. The third-order valence-electron chi connectivity index (χ3n) is 9.53. The molecule has 3 saturated heterocycles. The molecule has 20 nitrogen and oxygen atoms in total. The van der Waals surface area contributed by atoms with Crippen molar-refractivity contribution in [2.75, 3.05) is 19.8 Å². The van der Waals surface area contributed by atoms with Crippen molar-refractivity contribution < 1.29 is 94.5 Å². The maximum atomic E-state index is 13.6. The molecule has 15 atom stereocenters. The fraction of sp³-hybridized carbons (Fsp3) is 0.545. The minimum atomic E-state index is -2.07. The van der Waals surface area contributed by atoms with Crippen LogP contribution in [0.2, 0.25) is 0 Å². The normalized spacial score (nSPS) is 37.8. The van der Waals surface area contributed by atoms with Gasteiger partial charge in [0.25, 0.3) is 0 Å². The van der Waals surface area contributed by atoms with Crippen molar-refractivity contribution in [1.82, 2.24) is 0 Å². The Labute approximate surface area is 298 Å². The number of phenols is 2. The standard InChI is InChI=1S/C33H40O20/c34-7-16-23(41)27(45)31(53-33-29(47)26(44)22(40)18(9-36)52-33)30(49-16)20-15(50-32-28(46)25(43)21(39)17(8-35)51-32)6-14-19(24(20)42)12(38)5-13(48-14)10-1-3-11(37)4-2-10/h1-6,16-18,21-23,25-37,39-47H,7-9H2/t16-,17-,18-,21+,22-,23-,25+,26+,27+,28-,29-,30+,31-,32+,33+/m1/s1. The molecule has 4 heterocycles. The molecule has 0 saturated carbocycles. The third-order valence-corrected chi connectivity index (χ3v) is 9.53. The zero-order valence-corrected chi connectivity index (χ0v) is 27.4. The summed E-state index contributed by atoms with van der Waals surface area (Å²) in [5.74, 6) is -1.67. The minimum absolute atomic E-state index is 0.0509. The summed E-state index contributed by atoms with van der Waals surface area (Å²) < 4.78 is 34.4. The highest BCUT2D eigenvalue weighted by Crippen LogP contribution is 2.47. The van der Waals surface area contributed by atoms with Crippen molar-refractivity contribution in [3.63, 3.8) is 0 Å². The van der Waals surface area contributed by atoms with Crippen LogP contribution in [0.1, 0.15) is 11.7 Å². The van der Waals surface area contributed by atoms with Crippen LogP contribution in [-0.4, -0.2) is 172 Å².